The number of aliphatic hydroxyl groups excluding tert-OH is 1. The molecule has 2 aromatic rings. The molecule has 0 aromatic heterocycles. The Morgan fingerprint density at radius 2 is 1.95 bits per heavy atom. The third kappa shape index (κ3) is 3.85. The molecule has 3 nitrogen and oxygen atoms in total. The van der Waals surface area contributed by atoms with E-state index >= 15 is 0 Å². The third-order valence-corrected chi connectivity index (χ3v) is 3.40. The SMILES string of the molecule is CCCNCC(O)COc1ccc(Cl)c2ccccc12. The zero-order valence-corrected chi connectivity index (χ0v) is 12.4. The van der Waals surface area contributed by atoms with Crippen molar-refractivity contribution in [1.29, 1.82) is 0 Å². The monoisotopic (exact) mass is 293 g/mol. The summed E-state index contributed by atoms with van der Waals surface area (Å²) in [5.74, 6) is 0.750. The van der Waals surface area contributed by atoms with Crippen molar-refractivity contribution in [2.75, 3.05) is 19.7 Å². The van der Waals surface area contributed by atoms with E-state index in [1.165, 1.54) is 0 Å². The summed E-state index contributed by atoms with van der Waals surface area (Å²) in [4.78, 5) is 0. The average molecular weight is 294 g/mol. The zero-order chi connectivity index (χ0) is 14.4. The van der Waals surface area contributed by atoms with Crippen LogP contribution in [0.2, 0.25) is 5.02 Å². The molecule has 0 bridgehead atoms. The van der Waals surface area contributed by atoms with Crippen molar-refractivity contribution in [1.82, 2.24) is 5.32 Å². The van der Waals surface area contributed by atoms with E-state index in [0.29, 0.717) is 11.6 Å². The quantitative estimate of drug-likeness (QED) is 0.770. The maximum absolute atomic E-state index is 9.85. The molecule has 0 aliphatic rings. The van der Waals surface area contributed by atoms with Crippen LogP contribution >= 0.6 is 11.6 Å². The highest BCUT2D eigenvalue weighted by Gasteiger charge is 2.08. The fourth-order valence-electron chi connectivity index (χ4n) is 2.05. The van der Waals surface area contributed by atoms with E-state index in [9.17, 15) is 5.11 Å². The summed E-state index contributed by atoms with van der Waals surface area (Å²) in [6.45, 7) is 3.80. The Hall–Kier alpha value is -1.29. The second-order valence-corrected chi connectivity index (χ2v) is 5.17. The molecule has 2 aromatic carbocycles. The topological polar surface area (TPSA) is 41.5 Å². The van der Waals surface area contributed by atoms with Crippen molar-refractivity contribution in [2.45, 2.75) is 19.4 Å². The average Bonchev–Trinajstić information content (AvgIpc) is 2.47. The molecule has 2 N–H and O–H groups in total. The van der Waals surface area contributed by atoms with Gasteiger partial charge in [-0.25, -0.2) is 0 Å². The predicted molar refractivity (Wildman–Crippen MR) is 83.6 cm³/mol. The number of halogens is 1. The Kier molecular flexibility index (Phi) is 5.65. The Morgan fingerprint density at radius 1 is 1.20 bits per heavy atom. The summed E-state index contributed by atoms with van der Waals surface area (Å²) in [5.41, 5.74) is 0. The lowest BCUT2D eigenvalue weighted by molar-refractivity contribution is 0.107. The summed E-state index contributed by atoms with van der Waals surface area (Å²) in [5, 5.41) is 15.7. The molecule has 0 saturated heterocycles. The molecule has 0 fully saturated rings. The van der Waals surface area contributed by atoms with Crippen LogP contribution in [0.15, 0.2) is 36.4 Å². The Labute approximate surface area is 124 Å². The number of ether oxygens (including phenoxy) is 1. The van der Waals surface area contributed by atoms with Crippen molar-refractivity contribution in [2.24, 2.45) is 0 Å². The molecule has 1 atom stereocenters. The molecular weight excluding hydrogens is 274 g/mol. The number of hydrogen-bond donors (Lipinski definition) is 2. The second-order valence-electron chi connectivity index (χ2n) is 4.76. The molecular formula is C16H20ClNO2. The molecule has 2 rings (SSSR count). The molecule has 0 amide bonds. The van der Waals surface area contributed by atoms with E-state index in [0.717, 1.165) is 29.5 Å². The van der Waals surface area contributed by atoms with Gasteiger partial charge in [-0.05, 0) is 25.1 Å². The van der Waals surface area contributed by atoms with Gasteiger partial charge in [0.05, 0.1) is 0 Å². The van der Waals surface area contributed by atoms with Crippen LogP contribution < -0.4 is 10.1 Å². The maximum atomic E-state index is 9.85. The summed E-state index contributed by atoms with van der Waals surface area (Å²) >= 11 is 6.16. The summed E-state index contributed by atoms with van der Waals surface area (Å²) in [6.07, 6.45) is 0.533. The lowest BCUT2D eigenvalue weighted by Gasteiger charge is -2.14. The number of nitrogens with one attached hydrogen (secondary N) is 1. The Bertz CT molecular complexity index is 559. The summed E-state index contributed by atoms with van der Waals surface area (Å²) in [6, 6.07) is 11.5. The van der Waals surface area contributed by atoms with Crippen LogP contribution in [0.3, 0.4) is 0 Å². The van der Waals surface area contributed by atoms with E-state index in [1.807, 2.05) is 36.4 Å². The van der Waals surface area contributed by atoms with Crippen molar-refractivity contribution < 1.29 is 9.84 Å². The molecule has 0 radical (unpaired) electrons. The van der Waals surface area contributed by atoms with Crippen molar-refractivity contribution in [3.8, 4) is 5.75 Å². The largest absolute Gasteiger partial charge is 0.490 e. The third-order valence-electron chi connectivity index (χ3n) is 3.07. The number of hydrogen-bond acceptors (Lipinski definition) is 3. The van der Waals surface area contributed by atoms with Crippen LogP contribution in [0.25, 0.3) is 10.8 Å². The molecule has 0 aliphatic carbocycles. The van der Waals surface area contributed by atoms with Crippen molar-refractivity contribution in [3.05, 3.63) is 41.4 Å². The van der Waals surface area contributed by atoms with E-state index in [4.69, 9.17) is 16.3 Å². The van der Waals surface area contributed by atoms with Gasteiger partial charge in [-0.1, -0.05) is 42.8 Å². The van der Waals surface area contributed by atoms with Gasteiger partial charge in [0.25, 0.3) is 0 Å². The van der Waals surface area contributed by atoms with E-state index in [-0.39, 0.29) is 6.61 Å². The van der Waals surface area contributed by atoms with Gasteiger partial charge in [0.2, 0.25) is 0 Å². The van der Waals surface area contributed by atoms with Gasteiger partial charge in [0.15, 0.2) is 0 Å². The molecule has 20 heavy (non-hydrogen) atoms. The van der Waals surface area contributed by atoms with Gasteiger partial charge in [-0.15, -0.1) is 0 Å². The Morgan fingerprint density at radius 3 is 2.70 bits per heavy atom. The molecule has 0 saturated carbocycles. The highest BCUT2D eigenvalue weighted by Crippen LogP contribution is 2.31. The van der Waals surface area contributed by atoms with Gasteiger partial charge in [-0.2, -0.15) is 0 Å². The fourth-order valence-corrected chi connectivity index (χ4v) is 2.28. The van der Waals surface area contributed by atoms with Gasteiger partial charge >= 0.3 is 0 Å². The first-order chi connectivity index (χ1) is 9.72. The second kappa shape index (κ2) is 7.48. The fraction of sp³-hybridized carbons (Fsp3) is 0.375. The van der Waals surface area contributed by atoms with Crippen LogP contribution in [-0.2, 0) is 0 Å². The Balaban J connectivity index is 2.01. The van der Waals surface area contributed by atoms with Crippen LogP contribution in [0.5, 0.6) is 5.75 Å². The van der Waals surface area contributed by atoms with E-state index in [2.05, 4.69) is 12.2 Å². The van der Waals surface area contributed by atoms with Crippen LogP contribution in [0, 0.1) is 0 Å². The highest BCUT2D eigenvalue weighted by atomic mass is 35.5. The maximum Gasteiger partial charge on any atom is 0.127 e. The van der Waals surface area contributed by atoms with Crippen LogP contribution in [-0.4, -0.2) is 30.9 Å². The predicted octanol–water partition coefficient (Wildman–Crippen LogP) is 3.23. The molecule has 0 heterocycles. The molecule has 4 heteroatoms. The molecule has 0 spiro atoms. The smallest absolute Gasteiger partial charge is 0.127 e. The van der Waals surface area contributed by atoms with Crippen molar-refractivity contribution in [3.63, 3.8) is 0 Å². The normalized spacial score (nSPS) is 12.6. The minimum Gasteiger partial charge on any atom is -0.490 e. The first kappa shape index (κ1) is 15.1. The van der Waals surface area contributed by atoms with Crippen LogP contribution in [0.1, 0.15) is 13.3 Å². The lowest BCUT2D eigenvalue weighted by Crippen LogP contribution is -2.31. The molecule has 1 unspecified atom stereocenters. The lowest BCUT2D eigenvalue weighted by atomic mass is 10.1. The minimum atomic E-state index is -0.518. The van der Waals surface area contributed by atoms with Crippen molar-refractivity contribution >= 4 is 22.4 Å². The van der Waals surface area contributed by atoms with Crippen LogP contribution in [0.4, 0.5) is 0 Å². The number of rotatable bonds is 7. The van der Waals surface area contributed by atoms with Gasteiger partial charge in [0, 0.05) is 22.3 Å². The van der Waals surface area contributed by atoms with Gasteiger partial charge < -0.3 is 15.2 Å². The molecule has 0 aliphatic heterocycles. The van der Waals surface area contributed by atoms with E-state index < -0.39 is 6.10 Å². The van der Waals surface area contributed by atoms with Gasteiger partial charge in [-0.3, -0.25) is 0 Å². The number of fused-ring (bicyclic) bond motifs is 1. The zero-order valence-electron chi connectivity index (χ0n) is 11.6. The van der Waals surface area contributed by atoms with E-state index in [1.54, 1.807) is 0 Å². The summed E-state index contributed by atoms with van der Waals surface area (Å²) in [7, 11) is 0. The number of benzene rings is 2. The highest BCUT2D eigenvalue weighted by molar-refractivity contribution is 6.35. The first-order valence-electron chi connectivity index (χ1n) is 6.91. The summed E-state index contributed by atoms with van der Waals surface area (Å²) < 4.78 is 5.72. The molecule has 108 valence electrons. The first-order valence-corrected chi connectivity index (χ1v) is 7.29. The number of aliphatic hydroxyl groups is 1. The van der Waals surface area contributed by atoms with Gasteiger partial charge in [0.1, 0.15) is 18.5 Å². The standard InChI is InChI=1S/C16H20ClNO2/c1-2-9-18-10-12(19)11-20-16-8-7-15(17)13-5-3-4-6-14(13)16/h3-8,12,18-19H,2,9-11H2,1H3. The minimum absolute atomic E-state index is 0.266.